The second-order valence-electron chi connectivity index (χ2n) is 3.21. The molecule has 0 aromatic heterocycles. The van der Waals surface area contributed by atoms with Gasteiger partial charge in [0.1, 0.15) is 11.9 Å². The van der Waals surface area contributed by atoms with Crippen molar-refractivity contribution in [3.8, 4) is 0 Å². The predicted molar refractivity (Wildman–Crippen MR) is 58.1 cm³/mol. The Labute approximate surface area is 99.5 Å². The Morgan fingerprint density at radius 3 is 2.50 bits per heavy atom. The lowest BCUT2D eigenvalue weighted by Crippen LogP contribution is -2.19. The summed E-state index contributed by atoms with van der Waals surface area (Å²) in [6, 6.07) is 3.22. The standard InChI is InChI=1S/C10H10BrFO4/c11-4-8(13)9(14)5-1-2-6(10(15)16)7(12)3-5/h1-3,8-9,13-14H,4H2,(H,15,16). The summed E-state index contributed by atoms with van der Waals surface area (Å²) < 4.78 is 13.2. The van der Waals surface area contributed by atoms with Crippen LogP contribution in [0.3, 0.4) is 0 Å². The van der Waals surface area contributed by atoms with Crippen molar-refractivity contribution in [1.82, 2.24) is 0 Å². The van der Waals surface area contributed by atoms with Gasteiger partial charge in [-0.3, -0.25) is 0 Å². The number of benzene rings is 1. The minimum Gasteiger partial charge on any atom is -0.478 e. The number of halogens is 2. The lowest BCUT2D eigenvalue weighted by atomic mass is 10.0. The first-order chi connectivity index (χ1) is 7.47. The number of aliphatic hydroxyl groups is 2. The molecule has 1 rings (SSSR count). The average Bonchev–Trinajstić information content (AvgIpc) is 2.26. The van der Waals surface area contributed by atoms with Crippen molar-refractivity contribution in [3.05, 3.63) is 35.1 Å². The third kappa shape index (κ3) is 2.78. The molecule has 0 aliphatic heterocycles. The maximum Gasteiger partial charge on any atom is 0.338 e. The Hall–Kier alpha value is -0.980. The normalized spacial score (nSPS) is 14.5. The zero-order valence-electron chi connectivity index (χ0n) is 8.10. The van der Waals surface area contributed by atoms with E-state index in [4.69, 9.17) is 5.11 Å². The molecular formula is C10H10BrFO4. The van der Waals surface area contributed by atoms with Crippen LogP contribution in [0.1, 0.15) is 22.0 Å². The van der Waals surface area contributed by atoms with Crippen LogP contribution in [0.2, 0.25) is 0 Å². The highest BCUT2D eigenvalue weighted by Gasteiger charge is 2.19. The van der Waals surface area contributed by atoms with E-state index in [1.807, 2.05) is 0 Å². The van der Waals surface area contributed by atoms with Crippen LogP contribution in [-0.2, 0) is 0 Å². The first kappa shape index (κ1) is 13.1. The Morgan fingerprint density at radius 1 is 1.44 bits per heavy atom. The van der Waals surface area contributed by atoms with E-state index in [9.17, 15) is 19.4 Å². The SMILES string of the molecule is O=C(O)c1ccc(C(O)C(O)CBr)cc1F. The van der Waals surface area contributed by atoms with E-state index in [0.717, 1.165) is 12.1 Å². The summed E-state index contributed by atoms with van der Waals surface area (Å²) in [5, 5.41) is 27.6. The van der Waals surface area contributed by atoms with Gasteiger partial charge in [0.05, 0.1) is 11.7 Å². The Balaban J connectivity index is 3.01. The molecule has 0 amide bonds. The molecule has 0 radical (unpaired) electrons. The number of carboxylic acids is 1. The van der Waals surface area contributed by atoms with Gasteiger partial charge in [0.15, 0.2) is 0 Å². The highest BCUT2D eigenvalue weighted by atomic mass is 79.9. The monoisotopic (exact) mass is 292 g/mol. The van der Waals surface area contributed by atoms with Crippen molar-refractivity contribution < 1.29 is 24.5 Å². The number of carboxylic acid groups (broad SMARTS) is 1. The van der Waals surface area contributed by atoms with Gasteiger partial charge in [-0.15, -0.1) is 0 Å². The van der Waals surface area contributed by atoms with Crippen molar-refractivity contribution >= 4 is 21.9 Å². The third-order valence-electron chi connectivity index (χ3n) is 2.09. The van der Waals surface area contributed by atoms with Crippen LogP contribution < -0.4 is 0 Å². The maximum absolute atomic E-state index is 13.2. The summed E-state index contributed by atoms with van der Waals surface area (Å²) in [6.45, 7) is 0. The largest absolute Gasteiger partial charge is 0.478 e. The summed E-state index contributed by atoms with van der Waals surface area (Å²) >= 11 is 2.97. The second-order valence-corrected chi connectivity index (χ2v) is 3.86. The van der Waals surface area contributed by atoms with E-state index in [0.29, 0.717) is 0 Å². The number of aliphatic hydroxyl groups excluding tert-OH is 2. The Morgan fingerprint density at radius 2 is 2.06 bits per heavy atom. The van der Waals surface area contributed by atoms with Gasteiger partial charge in [-0.25, -0.2) is 9.18 Å². The molecule has 2 atom stereocenters. The molecule has 2 unspecified atom stereocenters. The Kier molecular flexibility index (Phi) is 4.40. The first-order valence-corrected chi connectivity index (χ1v) is 5.54. The van der Waals surface area contributed by atoms with Crippen molar-refractivity contribution in [3.63, 3.8) is 0 Å². The van der Waals surface area contributed by atoms with Crippen LogP contribution in [0.5, 0.6) is 0 Å². The van der Waals surface area contributed by atoms with Gasteiger partial charge in [-0.1, -0.05) is 22.0 Å². The Bertz CT molecular complexity index is 396. The molecule has 1 aromatic rings. The number of hydrogen-bond donors (Lipinski definition) is 3. The molecule has 16 heavy (non-hydrogen) atoms. The highest BCUT2D eigenvalue weighted by Crippen LogP contribution is 2.20. The predicted octanol–water partition coefficient (Wildman–Crippen LogP) is 1.31. The van der Waals surface area contributed by atoms with Gasteiger partial charge in [0, 0.05) is 5.33 Å². The highest BCUT2D eigenvalue weighted by molar-refractivity contribution is 9.09. The maximum atomic E-state index is 13.2. The van der Waals surface area contributed by atoms with Crippen molar-refractivity contribution in [1.29, 1.82) is 0 Å². The molecule has 0 fully saturated rings. The topological polar surface area (TPSA) is 77.8 Å². The molecule has 0 aliphatic rings. The summed E-state index contributed by atoms with van der Waals surface area (Å²) in [5.41, 5.74) is -0.335. The van der Waals surface area contributed by atoms with E-state index in [2.05, 4.69) is 15.9 Å². The van der Waals surface area contributed by atoms with E-state index < -0.39 is 29.6 Å². The lowest BCUT2D eigenvalue weighted by molar-refractivity contribution is 0.0340. The van der Waals surface area contributed by atoms with Gasteiger partial charge in [0.25, 0.3) is 0 Å². The fraction of sp³-hybridized carbons (Fsp3) is 0.300. The van der Waals surface area contributed by atoms with Crippen LogP contribution >= 0.6 is 15.9 Å². The lowest BCUT2D eigenvalue weighted by Gasteiger charge is -2.16. The fourth-order valence-corrected chi connectivity index (χ4v) is 1.55. The van der Waals surface area contributed by atoms with E-state index in [1.54, 1.807) is 0 Å². The molecule has 4 nitrogen and oxygen atoms in total. The molecule has 88 valence electrons. The molecular weight excluding hydrogens is 283 g/mol. The molecule has 0 heterocycles. The third-order valence-corrected chi connectivity index (χ3v) is 2.75. The molecule has 0 aliphatic carbocycles. The molecule has 0 spiro atoms. The minimum atomic E-state index is -1.38. The molecule has 0 bridgehead atoms. The van der Waals surface area contributed by atoms with Crippen molar-refractivity contribution in [2.45, 2.75) is 12.2 Å². The van der Waals surface area contributed by atoms with Gasteiger partial charge in [-0.05, 0) is 17.7 Å². The summed E-state index contributed by atoms with van der Waals surface area (Å²) in [5.74, 6) is -2.31. The average molecular weight is 293 g/mol. The van der Waals surface area contributed by atoms with E-state index in [1.165, 1.54) is 6.07 Å². The molecule has 0 saturated heterocycles. The quantitative estimate of drug-likeness (QED) is 0.732. The van der Waals surface area contributed by atoms with Crippen LogP contribution in [0, 0.1) is 5.82 Å². The molecule has 1 aromatic carbocycles. The molecule has 0 saturated carbocycles. The number of carbonyl (C=O) groups is 1. The summed E-state index contributed by atoms with van der Waals surface area (Å²) in [6.07, 6.45) is -2.33. The summed E-state index contributed by atoms with van der Waals surface area (Å²) in [7, 11) is 0. The molecule has 3 N–H and O–H groups in total. The smallest absolute Gasteiger partial charge is 0.338 e. The van der Waals surface area contributed by atoms with Crippen LogP contribution in [0.25, 0.3) is 0 Å². The van der Waals surface area contributed by atoms with E-state index in [-0.39, 0.29) is 10.9 Å². The zero-order chi connectivity index (χ0) is 12.3. The van der Waals surface area contributed by atoms with Crippen molar-refractivity contribution in [2.24, 2.45) is 0 Å². The summed E-state index contributed by atoms with van der Waals surface area (Å²) in [4.78, 5) is 10.5. The minimum absolute atomic E-state index is 0.134. The fourth-order valence-electron chi connectivity index (χ4n) is 1.20. The number of rotatable bonds is 4. The number of hydrogen-bond acceptors (Lipinski definition) is 3. The van der Waals surface area contributed by atoms with Crippen LogP contribution in [0.4, 0.5) is 4.39 Å². The van der Waals surface area contributed by atoms with Crippen LogP contribution in [-0.4, -0.2) is 32.7 Å². The first-order valence-electron chi connectivity index (χ1n) is 4.42. The number of aromatic carboxylic acids is 1. The zero-order valence-corrected chi connectivity index (χ0v) is 9.69. The van der Waals surface area contributed by atoms with Gasteiger partial charge < -0.3 is 15.3 Å². The van der Waals surface area contributed by atoms with E-state index >= 15 is 0 Å². The second kappa shape index (κ2) is 5.38. The van der Waals surface area contributed by atoms with Gasteiger partial charge >= 0.3 is 5.97 Å². The van der Waals surface area contributed by atoms with Crippen LogP contribution in [0.15, 0.2) is 18.2 Å². The van der Waals surface area contributed by atoms with Gasteiger partial charge in [-0.2, -0.15) is 0 Å². The molecule has 6 heteroatoms. The van der Waals surface area contributed by atoms with Crippen molar-refractivity contribution in [2.75, 3.05) is 5.33 Å². The number of alkyl halides is 1. The van der Waals surface area contributed by atoms with Gasteiger partial charge in [0.2, 0.25) is 0 Å².